The predicted molar refractivity (Wildman–Crippen MR) is 132 cm³/mol. The van der Waals surface area contributed by atoms with E-state index in [0.29, 0.717) is 22.8 Å². The molecule has 36 heavy (non-hydrogen) atoms. The zero-order valence-electron chi connectivity index (χ0n) is 19.8. The first kappa shape index (κ1) is 26.3. The minimum Gasteiger partial charge on any atom is -0.494 e. The van der Waals surface area contributed by atoms with Gasteiger partial charge >= 0.3 is 0 Å². The highest BCUT2D eigenvalue weighted by Crippen LogP contribution is 2.39. The van der Waals surface area contributed by atoms with Gasteiger partial charge in [-0.15, -0.1) is 0 Å². The third kappa shape index (κ3) is 5.49. The van der Waals surface area contributed by atoms with E-state index < -0.39 is 20.8 Å². The van der Waals surface area contributed by atoms with Crippen LogP contribution in [-0.4, -0.2) is 41.8 Å². The molecule has 0 fully saturated rings. The molecule has 12 heteroatoms. The molecule has 0 radical (unpaired) electrons. The maximum atomic E-state index is 15.2. The van der Waals surface area contributed by atoms with E-state index in [4.69, 9.17) is 18.9 Å². The second kappa shape index (κ2) is 11.0. The Kier molecular flexibility index (Phi) is 8.00. The molecule has 0 saturated heterocycles. The Bertz CT molecular complexity index is 1380. The maximum absolute atomic E-state index is 15.2. The number of anilines is 1. The van der Waals surface area contributed by atoms with Crippen molar-refractivity contribution in [1.82, 2.24) is 0 Å². The lowest BCUT2D eigenvalue weighted by Gasteiger charge is -2.14. The van der Waals surface area contributed by atoms with Crippen LogP contribution in [0, 0.1) is 15.9 Å². The lowest BCUT2D eigenvalue weighted by Crippen LogP contribution is -2.15. The molecule has 190 valence electrons. The van der Waals surface area contributed by atoms with Gasteiger partial charge in [-0.2, -0.15) is 0 Å². The van der Waals surface area contributed by atoms with E-state index in [2.05, 4.69) is 4.72 Å². The minimum absolute atomic E-state index is 0.179. The zero-order chi connectivity index (χ0) is 26.5. The number of nitrogens with one attached hydrogen (secondary N) is 1. The first-order chi connectivity index (χ1) is 17.1. The van der Waals surface area contributed by atoms with Gasteiger partial charge in [-0.05, 0) is 42.0 Å². The Hall–Kier alpha value is -4.32. The van der Waals surface area contributed by atoms with Crippen molar-refractivity contribution in [3.8, 4) is 23.0 Å². The molecule has 0 aliphatic rings. The van der Waals surface area contributed by atoms with Crippen LogP contribution >= 0.6 is 0 Å². The molecule has 0 amide bonds. The van der Waals surface area contributed by atoms with Crippen LogP contribution in [0.25, 0.3) is 12.2 Å². The van der Waals surface area contributed by atoms with Crippen molar-refractivity contribution in [1.29, 1.82) is 0 Å². The van der Waals surface area contributed by atoms with E-state index in [-0.39, 0.29) is 27.6 Å². The predicted octanol–water partition coefficient (Wildman–Crippen LogP) is 4.74. The summed E-state index contributed by atoms with van der Waals surface area (Å²) in [5.41, 5.74) is 0.143. The average Bonchev–Trinajstić information content (AvgIpc) is 2.88. The third-order valence-electron chi connectivity index (χ3n) is 5.10. The van der Waals surface area contributed by atoms with Gasteiger partial charge in [0.25, 0.3) is 15.7 Å². The van der Waals surface area contributed by atoms with Crippen LogP contribution in [0.1, 0.15) is 11.1 Å². The summed E-state index contributed by atoms with van der Waals surface area (Å²) in [5, 5.41) is 10.9. The fraction of sp³-hybridized carbons (Fsp3) is 0.167. The number of halogens is 1. The van der Waals surface area contributed by atoms with Crippen molar-refractivity contribution in [2.75, 3.05) is 33.2 Å². The number of nitrogens with zero attached hydrogens (tertiary/aromatic N) is 1. The molecule has 0 spiro atoms. The summed E-state index contributed by atoms with van der Waals surface area (Å²) in [6.07, 6.45) is 3.10. The first-order valence-corrected chi connectivity index (χ1v) is 11.7. The third-order valence-corrected chi connectivity index (χ3v) is 6.46. The molecule has 10 nitrogen and oxygen atoms in total. The Morgan fingerprint density at radius 3 is 1.94 bits per heavy atom. The fourth-order valence-electron chi connectivity index (χ4n) is 3.30. The van der Waals surface area contributed by atoms with Crippen molar-refractivity contribution < 1.29 is 36.7 Å². The van der Waals surface area contributed by atoms with Gasteiger partial charge in [-0.1, -0.05) is 12.2 Å². The lowest BCUT2D eigenvalue weighted by atomic mass is 10.1. The summed E-state index contributed by atoms with van der Waals surface area (Å²) < 4.78 is 64.2. The summed E-state index contributed by atoms with van der Waals surface area (Å²) in [6, 6.07) is 10.4. The van der Waals surface area contributed by atoms with Crippen molar-refractivity contribution in [3.63, 3.8) is 0 Å². The van der Waals surface area contributed by atoms with Crippen LogP contribution in [0.2, 0.25) is 0 Å². The van der Waals surface area contributed by atoms with Crippen LogP contribution in [0.5, 0.6) is 23.0 Å². The number of nitro groups is 1. The summed E-state index contributed by atoms with van der Waals surface area (Å²) in [5.74, 6) is 0.0774. The quantitative estimate of drug-likeness (QED) is 0.232. The topological polar surface area (TPSA) is 126 Å². The molecule has 3 aromatic carbocycles. The summed E-state index contributed by atoms with van der Waals surface area (Å²) in [7, 11) is 1.36. The van der Waals surface area contributed by atoms with Crippen LogP contribution < -0.4 is 23.7 Å². The lowest BCUT2D eigenvalue weighted by molar-refractivity contribution is -0.384. The number of hydrogen-bond acceptors (Lipinski definition) is 8. The molecule has 0 unspecified atom stereocenters. The van der Waals surface area contributed by atoms with Gasteiger partial charge in [0.15, 0.2) is 23.1 Å². The average molecular weight is 519 g/mol. The molecule has 3 rings (SSSR count). The normalized spacial score (nSPS) is 11.2. The Morgan fingerprint density at radius 1 is 0.861 bits per heavy atom. The van der Waals surface area contributed by atoms with Crippen molar-refractivity contribution in [2.45, 2.75) is 4.90 Å². The smallest absolute Gasteiger partial charge is 0.269 e. The SMILES string of the molecule is COc1ccc(C=Cc2cc(OC)c(OC)c(OC)c2)c(NS(=O)(=O)c2ccc([N+](=O)[O-])cc2)c1F. The Labute approximate surface area is 207 Å². The Morgan fingerprint density at radius 2 is 1.44 bits per heavy atom. The summed E-state index contributed by atoms with van der Waals surface area (Å²) in [6.45, 7) is 0. The number of non-ortho nitro benzene ring substituents is 1. The number of rotatable bonds is 10. The monoisotopic (exact) mass is 518 g/mol. The number of hydrogen-bond donors (Lipinski definition) is 1. The molecule has 3 aromatic rings. The minimum atomic E-state index is -4.30. The molecule has 1 N–H and O–H groups in total. The number of benzene rings is 3. The number of methoxy groups -OCH3 is 4. The second-order valence-corrected chi connectivity index (χ2v) is 8.88. The van der Waals surface area contributed by atoms with Gasteiger partial charge in [0.2, 0.25) is 5.75 Å². The van der Waals surface area contributed by atoms with E-state index in [1.807, 2.05) is 0 Å². The highest BCUT2D eigenvalue weighted by molar-refractivity contribution is 7.92. The molecular weight excluding hydrogens is 495 g/mol. The van der Waals surface area contributed by atoms with Crippen molar-refractivity contribution in [3.05, 3.63) is 75.6 Å². The molecule has 0 aliphatic heterocycles. The highest BCUT2D eigenvalue weighted by atomic mass is 32.2. The van der Waals surface area contributed by atoms with Crippen LogP contribution in [0.4, 0.5) is 15.8 Å². The van der Waals surface area contributed by atoms with Gasteiger partial charge < -0.3 is 18.9 Å². The molecule has 0 aliphatic carbocycles. The van der Waals surface area contributed by atoms with Gasteiger partial charge in [0.05, 0.1) is 43.9 Å². The van der Waals surface area contributed by atoms with Crippen LogP contribution in [0.3, 0.4) is 0 Å². The van der Waals surface area contributed by atoms with E-state index in [1.165, 1.54) is 46.6 Å². The first-order valence-electron chi connectivity index (χ1n) is 10.3. The van der Waals surface area contributed by atoms with Crippen LogP contribution in [0.15, 0.2) is 53.4 Å². The number of ether oxygens (including phenoxy) is 4. The fourth-order valence-corrected chi connectivity index (χ4v) is 4.38. The van der Waals surface area contributed by atoms with E-state index in [9.17, 15) is 18.5 Å². The molecule has 0 bridgehead atoms. The molecule has 0 atom stereocenters. The van der Waals surface area contributed by atoms with E-state index >= 15 is 4.39 Å². The molecule has 0 heterocycles. The molecular formula is C24H23FN2O8S. The standard InChI is InChI=1S/C24H23FN2O8S/c1-32-19-12-7-16(6-5-15-13-20(33-2)24(35-4)21(14-15)34-3)23(22(19)25)26-36(30,31)18-10-8-17(9-11-18)27(28)29/h5-14,26H,1-4H3. The van der Waals surface area contributed by atoms with Crippen LogP contribution in [-0.2, 0) is 10.0 Å². The summed E-state index contributed by atoms with van der Waals surface area (Å²) in [4.78, 5) is 9.93. The molecule has 0 aromatic heterocycles. The van der Waals surface area contributed by atoms with Gasteiger partial charge in [-0.3, -0.25) is 14.8 Å². The van der Waals surface area contributed by atoms with Crippen molar-refractivity contribution in [2.24, 2.45) is 0 Å². The Balaban J connectivity index is 2.04. The number of sulfonamides is 1. The van der Waals surface area contributed by atoms with Gasteiger partial charge in [-0.25, -0.2) is 12.8 Å². The summed E-state index contributed by atoms with van der Waals surface area (Å²) >= 11 is 0. The van der Waals surface area contributed by atoms with Crippen molar-refractivity contribution >= 4 is 33.6 Å². The second-order valence-electron chi connectivity index (χ2n) is 7.19. The highest BCUT2D eigenvalue weighted by Gasteiger charge is 2.22. The maximum Gasteiger partial charge on any atom is 0.269 e. The zero-order valence-corrected chi connectivity index (χ0v) is 20.6. The van der Waals surface area contributed by atoms with E-state index in [0.717, 1.165) is 24.3 Å². The molecule has 0 saturated carbocycles. The van der Waals surface area contributed by atoms with Gasteiger partial charge in [0, 0.05) is 17.7 Å². The van der Waals surface area contributed by atoms with Gasteiger partial charge in [0.1, 0.15) is 0 Å². The number of nitro benzene ring substituents is 1. The van der Waals surface area contributed by atoms with E-state index in [1.54, 1.807) is 18.2 Å². The largest absolute Gasteiger partial charge is 0.494 e.